The molecule has 3 N–H and O–H groups in total. The monoisotopic (exact) mass is 219 g/mol. The number of nitrogens with one attached hydrogen (secondary N) is 3. The van der Waals surface area contributed by atoms with E-state index < -0.39 is 0 Å². The quantitative estimate of drug-likeness (QED) is 0.688. The number of hydrogen-bond acceptors (Lipinski definition) is 3. The highest BCUT2D eigenvalue weighted by Gasteiger charge is 2.13. The number of hydrogen-bond donors (Lipinski definition) is 3. The third-order valence-corrected chi connectivity index (χ3v) is 2.51. The Morgan fingerprint density at radius 3 is 3.06 bits per heavy atom. The van der Waals surface area contributed by atoms with Gasteiger partial charge in [-0.15, -0.1) is 0 Å². The van der Waals surface area contributed by atoms with Gasteiger partial charge in [0.25, 0.3) is 0 Å². The molecule has 2 rings (SSSR count). The molecule has 86 valence electrons. The van der Waals surface area contributed by atoms with Crippen molar-refractivity contribution in [3.8, 4) is 0 Å². The van der Waals surface area contributed by atoms with Crippen LogP contribution < -0.4 is 5.32 Å². The van der Waals surface area contributed by atoms with Crippen LogP contribution in [-0.4, -0.2) is 26.7 Å². The molecule has 16 heavy (non-hydrogen) atoms. The number of nitrogens with zero attached hydrogens (tertiary/aromatic N) is 2. The highest BCUT2D eigenvalue weighted by Crippen LogP contribution is 2.14. The molecule has 0 aliphatic rings. The maximum atomic E-state index is 4.25. The molecule has 0 bridgehead atoms. The molecule has 0 saturated heterocycles. The zero-order chi connectivity index (χ0) is 11.2. The lowest BCUT2D eigenvalue weighted by molar-refractivity contribution is 0.520. The molecule has 0 fully saturated rings. The second kappa shape index (κ2) is 5.46. The summed E-state index contributed by atoms with van der Waals surface area (Å²) in [6.45, 7) is 3.16. The molecule has 0 saturated carbocycles. The number of aromatic nitrogens is 4. The summed E-state index contributed by atoms with van der Waals surface area (Å²) in [6, 6.07) is 0.268. The average Bonchev–Trinajstić information content (AvgIpc) is 2.96. The van der Waals surface area contributed by atoms with E-state index in [0.29, 0.717) is 0 Å². The molecule has 0 spiro atoms. The summed E-state index contributed by atoms with van der Waals surface area (Å²) in [5.41, 5.74) is 1.17. The smallest absolute Gasteiger partial charge is 0.107 e. The topological polar surface area (TPSA) is 69.4 Å². The first kappa shape index (κ1) is 10.9. The van der Waals surface area contributed by atoms with Gasteiger partial charge in [0.15, 0.2) is 0 Å². The summed E-state index contributed by atoms with van der Waals surface area (Å²) in [6.07, 6.45) is 9.38. The molecule has 5 nitrogen and oxygen atoms in total. The van der Waals surface area contributed by atoms with Gasteiger partial charge in [-0.05, 0) is 13.0 Å². The van der Waals surface area contributed by atoms with Gasteiger partial charge in [-0.3, -0.25) is 5.10 Å². The number of imidazole rings is 1. The normalized spacial score (nSPS) is 12.8. The van der Waals surface area contributed by atoms with Crippen LogP contribution in [0.3, 0.4) is 0 Å². The molecule has 0 radical (unpaired) electrons. The predicted octanol–water partition coefficient (Wildman–Crippen LogP) is 1.42. The van der Waals surface area contributed by atoms with Crippen molar-refractivity contribution in [3.05, 3.63) is 36.2 Å². The number of H-pyrrole nitrogens is 2. The van der Waals surface area contributed by atoms with Crippen LogP contribution in [0.5, 0.6) is 0 Å². The fraction of sp³-hybridized carbons (Fsp3) is 0.455. The Hall–Kier alpha value is -1.62. The zero-order valence-electron chi connectivity index (χ0n) is 9.40. The van der Waals surface area contributed by atoms with Crippen LogP contribution in [0, 0.1) is 0 Å². The maximum absolute atomic E-state index is 4.25. The Morgan fingerprint density at radius 1 is 1.50 bits per heavy atom. The SMILES string of the molecule is CCCNC(Cc1ncc[nH]1)c1cn[nH]c1. The zero-order valence-corrected chi connectivity index (χ0v) is 9.40. The van der Waals surface area contributed by atoms with E-state index >= 15 is 0 Å². The van der Waals surface area contributed by atoms with E-state index in [-0.39, 0.29) is 6.04 Å². The highest BCUT2D eigenvalue weighted by atomic mass is 15.1. The Labute approximate surface area is 94.7 Å². The van der Waals surface area contributed by atoms with Crippen LogP contribution in [0.1, 0.15) is 30.8 Å². The van der Waals surface area contributed by atoms with Crippen molar-refractivity contribution in [2.24, 2.45) is 0 Å². The van der Waals surface area contributed by atoms with E-state index in [4.69, 9.17) is 0 Å². The molecule has 2 heterocycles. The molecule has 1 unspecified atom stereocenters. The maximum Gasteiger partial charge on any atom is 0.107 e. The van der Waals surface area contributed by atoms with Gasteiger partial charge >= 0.3 is 0 Å². The van der Waals surface area contributed by atoms with E-state index in [1.54, 1.807) is 6.20 Å². The Balaban J connectivity index is 2.03. The average molecular weight is 219 g/mol. The summed E-state index contributed by atoms with van der Waals surface area (Å²) in [4.78, 5) is 7.37. The molecule has 0 aliphatic heterocycles. The van der Waals surface area contributed by atoms with Crippen molar-refractivity contribution in [1.82, 2.24) is 25.5 Å². The van der Waals surface area contributed by atoms with E-state index in [1.807, 2.05) is 18.6 Å². The minimum Gasteiger partial charge on any atom is -0.349 e. The van der Waals surface area contributed by atoms with Crippen molar-refractivity contribution in [1.29, 1.82) is 0 Å². The van der Waals surface area contributed by atoms with Crippen molar-refractivity contribution in [3.63, 3.8) is 0 Å². The standard InChI is InChI=1S/C11H17N5/c1-2-3-12-10(9-7-15-16-8-9)6-11-13-4-5-14-11/h4-5,7-8,10,12H,2-3,6H2,1H3,(H,13,14)(H,15,16). The lowest BCUT2D eigenvalue weighted by atomic mass is 10.1. The van der Waals surface area contributed by atoms with Gasteiger partial charge in [-0.1, -0.05) is 6.92 Å². The summed E-state index contributed by atoms with van der Waals surface area (Å²) >= 11 is 0. The van der Waals surface area contributed by atoms with Gasteiger partial charge in [-0.25, -0.2) is 4.98 Å². The molecule has 2 aromatic rings. The van der Waals surface area contributed by atoms with Crippen molar-refractivity contribution in [2.45, 2.75) is 25.8 Å². The molecule has 0 aromatic carbocycles. The van der Waals surface area contributed by atoms with Crippen LogP contribution in [0.15, 0.2) is 24.8 Å². The molecular weight excluding hydrogens is 202 g/mol. The van der Waals surface area contributed by atoms with Gasteiger partial charge in [0.2, 0.25) is 0 Å². The van der Waals surface area contributed by atoms with Crippen LogP contribution in [-0.2, 0) is 6.42 Å². The summed E-state index contributed by atoms with van der Waals surface area (Å²) in [7, 11) is 0. The van der Waals surface area contributed by atoms with Crippen molar-refractivity contribution >= 4 is 0 Å². The molecule has 1 atom stereocenters. The number of rotatable bonds is 6. The van der Waals surface area contributed by atoms with E-state index in [1.165, 1.54) is 5.56 Å². The molecular formula is C11H17N5. The van der Waals surface area contributed by atoms with E-state index in [9.17, 15) is 0 Å². The minimum atomic E-state index is 0.268. The van der Waals surface area contributed by atoms with E-state index in [0.717, 1.165) is 25.2 Å². The van der Waals surface area contributed by atoms with Gasteiger partial charge in [0, 0.05) is 36.6 Å². The lowest BCUT2D eigenvalue weighted by Crippen LogP contribution is -2.24. The van der Waals surface area contributed by atoms with Crippen LogP contribution >= 0.6 is 0 Å². The van der Waals surface area contributed by atoms with Crippen LogP contribution in [0.25, 0.3) is 0 Å². The lowest BCUT2D eigenvalue weighted by Gasteiger charge is -2.15. The molecule has 5 heteroatoms. The van der Waals surface area contributed by atoms with Gasteiger partial charge in [0.05, 0.1) is 6.20 Å². The summed E-state index contributed by atoms with van der Waals surface area (Å²) in [5.74, 6) is 0.995. The van der Waals surface area contributed by atoms with Gasteiger partial charge in [0.1, 0.15) is 5.82 Å². The van der Waals surface area contributed by atoms with Crippen molar-refractivity contribution < 1.29 is 0 Å². The third kappa shape index (κ3) is 2.70. The second-order valence-corrected chi connectivity index (χ2v) is 3.78. The Kier molecular flexibility index (Phi) is 3.71. The van der Waals surface area contributed by atoms with Crippen molar-refractivity contribution in [2.75, 3.05) is 6.54 Å². The minimum absolute atomic E-state index is 0.268. The highest BCUT2D eigenvalue weighted by molar-refractivity contribution is 5.11. The largest absolute Gasteiger partial charge is 0.349 e. The van der Waals surface area contributed by atoms with Gasteiger partial charge < -0.3 is 10.3 Å². The fourth-order valence-corrected chi connectivity index (χ4v) is 1.68. The fourth-order valence-electron chi connectivity index (χ4n) is 1.68. The molecule has 2 aromatic heterocycles. The van der Waals surface area contributed by atoms with Crippen LogP contribution in [0.4, 0.5) is 0 Å². The first-order chi connectivity index (χ1) is 7.90. The molecule has 0 amide bonds. The predicted molar refractivity (Wildman–Crippen MR) is 61.9 cm³/mol. The van der Waals surface area contributed by atoms with Gasteiger partial charge in [-0.2, -0.15) is 5.10 Å². The first-order valence-corrected chi connectivity index (χ1v) is 5.60. The summed E-state index contributed by atoms with van der Waals surface area (Å²) < 4.78 is 0. The molecule has 0 aliphatic carbocycles. The second-order valence-electron chi connectivity index (χ2n) is 3.78. The summed E-state index contributed by atoms with van der Waals surface area (Å²) in [5, 5.41) is 10.3. The Morgan fingerprint density at radius 2 is 2.44 bits per heavy atom. The van der Waals surface area contributed by atoms with Crippen LogP contribution in [0.2, 0.25) is 0 Å². The third-order valence-electron chi connectivity index (χ3n) is 2.51. The Bertz CT molecular complexity index is 378. The van der Waals surface area contributed by atoms with E-state index in [2.05, 4.69) is 32.4 Å². The first-order valence-electron chi connectivity index (χ1n) is 5.60. The number of aromatic amines is 2.